The number of anilines is 1. The molecule has 0 bridgehead atoms. The van der Waals surface area contributed by atoms with Gasteiger partial charge in [-0.15, -0.1) is 22.6 Å². The Morgan fingerprint density at radius 2 is 1.90 bits per heavy atom. The Balaban J connectivity index is 0.00000193. The van der Waals surface area contributed by atoms with Gasteiger partial charge in [-0.05, 0) is 55.4 Å². The number of para-hydroxylation sites is 2. The molecule has 0 saturated carbocycles. The number of hydrogen-bond acceptors (Lipinski definition) is 6. The van der Waals surface area contributed by atoms with Crippen LogP contribution >= 0.6 is 12.4 Å². The standard InChI is InChI=1S/C22H20N6O.ClH/c23-12-17-15-4-3-5-16(15)22(28-19-7-2-1-6-18(19)25-20(17)28)27-10-8-14(9-11-27)21-26-24-13-29-21;/h1-2,6-7,13-14H,3-5,8-11H2;1H. The number of imidazole rings is 1. The monoisotopic (exact) mass is 420 g/mol. The molecule has 4 heterocycles. The van der Waals surface area contributed by atoms with Crippen LogP contribution in [-0.2, 0) is 12.8 Å². The Morgan fingerprint density at radius 1 is 1.10 bits per heavy atom. The van der Waals surface area contributed by atoms with Crippen LogP contribution in [0, 0.1) is 11.3 Å². The van der Waals surface area contributed by atoms with Gasteiger partial charge in [0.05, 0.1) is 16.6 Å². The van der Waals surface area contributed by atoms with Crippen LogP contribution in [0.5, 0.6) is 0 Å². The van der Waals surface area contributed by atoms with Crippen molar-refractivity contribution >= 4 is 34.9 Å². The molecule has 0 amide bonds. The lowest BCUT2D eigenvalue weighted by Gasteiger charge is -2.34. The van der Waals surface area contributed by atoms with Gasteiger partial charge < -0.3 is 9.32 Å². The van der Waals surface area contributed by atoms with Crippen molar-refractivity contribution in [3.05, 3.63) is 53.2 Å². The lowest BCUT2D eigenvalue weighted by molar-refractivity contribution is 0.392. The first-order chi connectivity index (χ1) is 14.3. The molecule has 3 aromatic heterocycles. The van der Waals surface area contributed by atoms with E-state index in [1.807, 2.05) is 18.2 Å². The van der Waals surface area contributed by atoms with E-state index in [1.54, 1.807) is 0 Å². The van der Waals surface area contributed by atoms with Gasteiger partial charge in [-0.3, -0.25) is 4.40 Å². The zero-order valence-electron chi connectivity index (χ0n) is 16.4. The first kappa shape index (κ1) is 18.9. The van der Waals surface area contributed by atoms with Crippen LogP contribution in [0.3, 0.4) is 0 Å². The van der Waals surface area contributed by atoms with Gasteiger partial charge in [-0.25, -0.2) is 4.98 Å². The molecule has 6 rings (SSSR count). The first-order valence-electron chi connectivity index (χ1n) is 10.2. The molecule has 0 radical (unpaired) electrons. The average molecular weight is 421 g/mol. The van der Waals surface area contributed by atoms with Gasteiger partial charge in [-0.2, -0.15) is 5.26 Å². The molecule has 1 saturated heterocycles. The highest BCUT2D eigenvalue weighted by Crippen LogP contribution is 2.40. The minimum atomic E-state index is 0. The Bertz CT molecular complexity index is 1260. The Labute approximate surface area is 179 Å². The lowest BCUT2D eigenvalue weighted by Crippen LogP contribution is -2.35. The molecule has 152 valence electrons. The Hall–Kier alpha value is -3.11. The molecule has 2 aliphatic rings. The highest BCUT2D eigenvalue weighted by atomic mass is 35.5. The summed E-state index contributed by atoms with van der Waals surface area (Å²) in [4.78, 5) is 7.33. The third kappa shape index (κ3) is 2.67. The molecule has 0 N–H and O–H groups in total. The van der Waals surface area contributed by atoms with Gasteiger partial charge in [0.25, 0.3) is 0 Å². The maximum atomic E-state index is 9.93. The lowest BCUT2D eigenvalue weighted by atomic mass is 9.96. The number of piperidine rings is 1. The average Bonchev–Trinajstić information content (AvgIpc) is 3.51. The third-order valence-electron chi connectivity index (χ3n) is 6.42. The Kier molecular flexibility index (Phi) is 4.59. The predicted octanol–water partition coefficient (Wildman–Crippen LogP) is 4.04. The zero-order valence-corrected chi connectivity index (χ0v) is 17.2. The van der Waals surface area contributed by atoms with E-state index in [9.17, 15) is 5.26 Å². The molecule has 0 atom stereocenters. The summed E-state index contributed by atoms with van der Waals surface area (Å²) in [5.41, 5.74) is 6.08. The summed E-state index contributed by atoms with van der Waals surface area (Å²) >= 11 is 0. The van der Waals surface area contributed by atoms with Crippen LogP contribution < -0.4 is 4.90 Å². The minimum Gasteiger partial charge on any atom is -0.428 e. The molecule has 1 aliphatic heterocycles. The molecule has 8 heteroatoms. The molecular weight excluding hydrogens is 400 g/mol. The molecule has 0 unspecified atom stereocenters. The van der Waals surface area contributed by atoms with Gasteiger partial charge in [0, 0.05) is 19.0 Å². The molecule has 1 aromatic carbocycles. The van der Waals surface area contributed by atoms with E-state index in [1.165, 1.54) is 23.3 Å². The van der Waals surface area contributed by atoms with E-state index in [0.717, 1.165) is 73.3 Å². The van der Waals surface area contributed by atoms with E-state index >= 15 is 0 Å². The summed E-state index contributed by atoms with van der Waals surface area (Å²) in [6.45, 7) is 1.85. The van der Waals surface area contributed by atoms with E-state index < -0.39 is 0 Å². The summed E-state index contributed by atoms with van der Waals surface area (Å²) in [5, 5.41) is 17.9. The van der Waals surface area contributed by atoms with E-state index in [2.05, 4.69) is 31.6 Å². The van der Waals surface area contributed by atoms with E-state index in [4.69, 9.17) is 9.40 Å². The maximum Gasteiger partial charge on any atom is 0.219 e. The number of hydrogen-bond donors (Lipinski definition) is 0. The molecule has 30 heavy (non-hydrogen) atoms. The van der Waals surface area contributed by atoms with Crippen LogP contribution in [-0.4, -0.2) is 32.7 Å². The number of pyridine rings is 1. The van der Waals surface area contributed by atoms with Crippen molar-refractivity contribution < 1.29 is 4.42 Å². The van der Waals surface area contributed by atoms with Crippen molar-refractivity contribution in [1.82, 2.24) is 19.6 Å². The topological polar surface area (TPSA) is 83.2 Å². The van der Waals surface area contributed by atoms with Crippen LogP contribution in [0.2, 0.25) is 0 Å². The Morgan fingerprint density at radius 3 is 2.67 bits per heavy atom. The molecule has 7 nitrogen and oxygen atoms in total. The van der Waals surface area contributed by atoms with Crippen LogP contribution in [0.15, 0.2) is 35.1 Å². The SMILES string of the molecule is Cl.N#Cc1c2c(c(N3CCC(c4nnco4)CC3)n3c1nc1ccccc13)CCC2. The van der Waals surface area contributed by atoms with Crippen molar-refractivity contribution in [1.29, 1.82) is 5.26 Å². The van der Waals surface area contributed by atoms with Crippen molar-refractivity contribution in [3.8, 4) is 6.07 Å². The fourth-order valence-electron chi connectivity index (χ4n) is 5.09. The second-order valence-electron chi connectivity index (χ2n) is 7.92. The van der Waals surface area contributed by atoms with Crippen LogP contribution in [0.25, 0.3) is 16.7 Å². The third-order valence-corrected chi connectivity index (χ3v) is 6.42. The second kappa shape index (κ2) is 7.29. The molecule has 0 spiro atoms. The predicted molar refractivity (Wildman–Crippen MR) is 115 cm³/mol. The van der Waals surface area contributed by atoms with Crippen molar-refractivity contribution in [2.75, 3.05) is 18.0 Å². The fraction of sp³-hybridized carbons (Fsp3) is 0.364. The number of rotatable bonds is 2. The highest BCUT2D eigenvalue weighted by Gasteiger charge is 2.31. The normalized spacial score (nSPS) is 16.6. The van der Waals surface area contributed by atoms with Gasteiger partial charge in [0.1, 0.15) is 11.9 Å². The number of nitrogens with zero attached hydrogens (tertiary/aromatic N) is 6. The summed E-state index contributed by atoms with van der Waals surface area (Å²) < 4.78 is 7.67. The number of benzene rings is 1. The summed E-state index contributed by atoms with van der Waals surface area (Å²) in [6.07, 6.45) is 6.45. The summed E-state index contributed by atoms with van der Waals surface area (Å²) in [5.74, 6) is 2.28. The molecule has 1 aliphatic carbocycles. The number of halogens is 1. The minimum absolute atomic E-state index is 0. The summed E-state index contributed by atoms with van der Waals surface area (Å²) in [6, 6.07) is 10.6. The fourth-order valence-corrected chi connectivity index (χ4v) is 5.09. The van der Waals surface area contributed by atoms with Crippen molar-refractivity contribution in [3.63, 3.8) is 0 Å². The number of nitriles is 1. The maximum absolute atomic E-state index is 9.93. The van der Waals surface area contributed by atoms with Gasteiger partial charge in [-0.1, -0.05) is 12.1 Å². The second-order valence-corrected chi connectivity index (χ2v) is 7.92. The number of fused-ring (bicyclic) bond motifs is 4. The molecule has 4 aromatic rings. The van der Waals surface area contributed by atoms with Crippen LogP contribution in [0.1, 0.15) is 47.8 Å². The largest absolute Gasteiger partial charge is 0.428 e. The molecule has 1 fully saturated rings. The van der Waals surface area contributed by atoms with Crippen molar-refractivity contribution in [2.24, 2.45) is 0 Å². The van der Waals surface area contributed by atoms with E-state index in [0.29, 0.717) is 5.92 Å². The van der Waals surface area contributed by atoms with Gasteiger partial charge in [0.15, 0.2) is 5.65 Å². The molecular formula is C22H21ClN6O. The number of aromatic nitrogens is 4. The van der Waals surface area contributed by atoms with Crippen LogP contribution in [0.4, 0.5) is 5.82 Å². The quantitative estimate of drug-likeness (QED) is 0.486. The van der Waals surface area contributed by atoms with Gasteiger partial charge >= 0.3 is 0 Å². The van der Waals surface area contributed by atoms with Crippen molar-refractivity contribution in [2.45, 2.75) is 38.0 Å². The smallest absolute Gasteiger partial charge is 0.219 e. The summed E-state index contributed by atoms with van der Waals surface area (Å²) in [7, 11) is 0. The zero-order chi connectivity index (χ0) is 19.4. The highest BCUT2D eigenvalue weighted by molar-refractivity contribution is 5.86. The first-order valence-corrected chi connectivity index (χ1v) is 10.2. The van der Waals surface area contributed by atoms with Gasteiger partial charge in [0.2, 0.25) is 12.3 Å². The van der Waals surface area contributed by atoms with E-state index in [-0.39, 0.29) is 12.4 Å².